The molecule has 1 atom stereocenters. The molecule has 4 nitrogen and oxygen atoms in total. The first-order chi connectivity index (χ1) is 9.39. The van der Waals surface area contributed by atoms with Crippen molar-refractivity contribution in [2.75, 3.05) is 18.8 Å². The number of aryl methyl sites for hydroxylation is 1. The van der Waals surface area contributed by atoms with E-state index in [0.29, 0.717) is 25.9 Å². The highest BCUT2D eigenvalue weighted by Crippen LogP contribution is 2.22. The third-order valence-corrected chi connectivity index (χ3v) is 6.01. The lowest BCUT2D eigenvalue weighted by Crippen LogP contribution is -2.54. The van der Waals surface area contributed by atoms with Crippen LogP contribution in [0, 0.1) is 0 Å². The molecule has 1 rings (SSSR count). The van der Waals surface area contributed by atoms with Crippen LogP contribution in [0.25, 0.3) is 0 Å². The van der Waals surface area contributed by atoms with Gasteiger partial charge in [0.1, 0.15) is 0 Å². The van der Waals surface area contributed by atoms with Gasteiger partial charge in [-0.25, -0.2) is 8.42 Å². The van der Waals surface area contributed by atoms with Crippen molar-refractivity contribution in [1.29, 1.82) is 0 Å². The van der Waals surface area contributed by atoms with Gasteiger partial charge in [-0.1, -0.05) is 44.2 Å². The summed E-state index contributed by atoms with van der Waals surface area (Å²) in [5.74, 6) is 0.125. The number of nitrogens with zero attached hydrogens (tertiary/aromatic N) is 1. The minimum Gasteiger partial charge on any atom is -0.329 e. The summed E-state index contributed by atoms with van der Waals surface area (Å²) in [5.41, 5.74) is 6.34. The van der Waals surface area contributed by atoms with Crippen LogP contribution in [0.4, 0.5) is 0 Å². The van der Waals surface area contributed by atoms with Crippen LogP contribution in [0.15, 0.2) is 30.3 Å². The number of hydrogen-bond donors (Lipinski definition) is 1. The van der Waals surface area contributed by atoms with Gasteiger partial charge in [0.05, 0.1) is 5.75 Å². The Labute approximate surface area is 123 Å². The van der Waals surface area contributed by atoms with Crippen LogP contribution in [0.5, 0.6) is 0 Å². The Morgan fingerprint density at radius 3 is 2.25 bits per heavy atom. The molecule has 0 saturated carbocycles. The van der Waals surface area contributed by atoms with Crippen molar-refractivity contribution in [1.82, 2.24) is 4.31 Å². The molecule has 0 aliphatic carbocycles. The molecule has 2 N–H and O–H groups in total. The van der Waals surface area contributed by atoms with E-state index in [1.54, 1.807) is 4.31 Å². The van der Waals surface area contributed by atoms with Crippen molar-refractivity contribution < 1.29 is 8.42 Å². The average Bonchev–Trinajstić information content (AvgIpc) is 2.46. The summed E-state index contributed by atoms with van der Waals surface area (Å²) < 4.78 is 26.7. The number of nitrogens with two attached hydrogens (primary N) is 1. The molecule has 0 saturated heterocycles. The van der Waals surface area contributed by atoms with E-state index in [-0.39, 0.29) is 5.75 Å². The molecule has 1 aromatic carbocycles. The molecule has 0 bridgehead atoms. The summed E-state index contributed by atoms with van der Waals surface area (Å²) >= 11 is 0. The van der Waals surface area contributed by atoms with Gasteiger partial charge in [0.2, 0.25) is 10.0 Å². The summed E-state index contributed by atoms with van der Waals surface area (Å²) in [6, 6.07) is 9.69. The average molecular weight is 298 g/mol. The minimum atomic E-state index is -3.30. The van der Waals surface area contributed by atoms with Crippen LogP contribution in [-0.2, 0) is 16.4 Å². The summed E-state index contributed by atoms with van der Waals surface area (Å²) in [6.45, 7) is 6.54. The van der Waals surface area contributed by atoms with E-state index in [4.69, 9.17) is 5.73 Å². The predicted octanol–water partition coefficient (Wildman–Crippen LogP) is 2.01. The van der Waals surface area contributed by atoms with Crippen LogP contribution in [0.2, 0.25) is 0 Å². The molecule has 0 fully saturated rings. The van der Waals surface area contributed by atoms with Crippen molar-refractivity contribution >= 4 is 10.0 Å². The van der Waals surface area contributed by atoms with E-state index < -0.39 is 15.6 Å². The van der Waals surface area contributed by atoms with Crippen molar-refractivity contribution in [2.45, 2.75) is 39.2 Å². The summed E-state index contributed by atoms with van der Waals surface area (Å²) in [7, 11) is -3.30. The van der Waals surface area contributed by atoms with Gasteiger partial charge in [0.15, 0.2) is 0 Å². The molecule has 0 aliphatic heterocycles. The lowest BCUT2D eigenvalue weighted by Gasteiger charge is -2.38. The maximum Gasteiger partial charge on any atom is 0.214 e. The fraction of sp³-hybridized carbons (Fsp3) is 0.600. The van der Waals surface area contributed by atoms with Gasteiger partial charge in [-0.2, -0.15) is 4.31 Å². The van der Waals surface area contributed by atoms with Gasteiger partial charge in [-0.3, -0.25) is 0 Å². The summed E-state index contributed by atoms with van der Waals surface area (Å²) in [6.07, 6.45) is 1.24. The first kappa shape index (κ1) is 17.1. The van der Waals surface area contributed by atoms with Crippen LogP contribution in [-0.4, -0.2) is 37.1 Å². The van der Waals surface area contributed by atoms with Crippen LogP contribution < -0.4 is 5.73 Å². The Hall–Kier alpha value is -0.910. The quantitative estimate of drug-likeness (QED) is 0.798. The molecule has 0 radical (unpaired) electrons. The first-order valence-corrected chi connectivity index (χ1v) is 8.75. The first-order valence-electron chi connectivity index (χ1n) is 7.14. The monoisotopic (exact) mass is 298 g/mol. The van der Waals surface area contributed by atoms with Gasteiger partial charge >= 0.3 is 0 Å². The molecule has 0 spiro atoms. The second-order valence-electron chi connectivity index (χ2n) is 5.27. The van der Waals surface area contributed by atoms with E-state index >= 15 is 0 Å². The summed E-state index contributed by atoms with van der Waals surface area (Å²) in [4.78, 5) is 0. The van der Waals surface area contributed by atoms with Crippen molar-refractivity contribution in [3.05, 3.63) is 35.9 Å². The maximum atomic E-state index is 12.6. The highest BCUT2D eigenvalue weighted by Gasteiger charge is 2.35. The molecule has 5 heteroatoms. The topological polar surface area (TPSA) is 63.4 Å². The molecule has 0 aliphatic rings. The molecule has 0 heterocycles. The summed E-state index contributed by atoms with van der Waals surface area (Å²) in [5, 5.41) is 0. The number of rotatable bonds is 8. The highest BCUT2D eigenvalue weighted by molar-refractivity contribution is 7.89. The third kappa shape index (κ3) is 4.04. The smallest absolute Gasteiger partial charge is 0.214 e. The van der Waals surface area contributed by atoms with E-state index in [9.17, 15) is 8.42 Å². The third-order valence-electron chi connectivity index (χ3n) is 3.92. The van der Waals surface area contributed by atoms with Crippen LogP contribution >= 0.6 is 0 Å². The zero-order valence-corrected chi connectivity index (χ0v) is 13.5. The van der Waals surface area contributed by atoms with E-state index in [1.807, 2.05) is 51.1 Å². The standard InChI is InChI=1S/C15H26N2O2S/c1-4-15(3,13-16)17(5-2)20(18,19)12-11-14-9-7-6-8-10-14/h6-10H,4-5,11-13,16H2,1-3H3. The zero-order valence-electron chi connectivity index (χ0n) is 12.7. The second-order valence-corrected chi connectivity index (χ2v) is 7.28. The predicted molar refractivity (Wildman–Crippen MR) is 84.1 cm³/mol. The number of sulfonamides is 1. The molecule has 20 heavy (non-hydrogen) atoms. The van der Waals surface area contributed by atoms with E-state index in [0.717, 1.165) is 5.56 Å². The SMILES string of the molecule is CCN(C(C)(CC)CN)S(=O)(=O)CCc1ccccc1. The number of hydrogen-bond acceptors (Lipinski definition) is 3. The lowest BCUT2D eigenvalue weighted by atomic mass is 9.99. The van der Waals surface area contributed by atoms with E-state index in [1.165, 1.54) is 0 Å². The van der Waals surface area contributed by atoms with Gasteiger partial charge < -0.3 is 5.73 Å². The Balaban J connectivity index is 2.85. The molecule has 1 unspecified atom stereocenters. The zero-order chi connectivity index (χ0) is 15.2. The molecular formula is C15H26N2O2S. The van der Waals surface area contributed by atoms with Gasteiger partial charge in [0.25, 0.3) is 0 Å². The Morgan fingerprint density at radius 1 is 1.20 bits per heavy atom. The number of likely N-dealkylation sites (N-methyl/N-ethyl adjacent to an activating group) is 1. The van der Waals surface area contributed by atoms with Crippen molar-refractivity contribution in [3.8, 4) is 0 Å². The molecular weight excluding hydrogens is 272 g/mol. The maximum absolute atomic E-state index is 12.6. The number of benzene rings is 1. The van der Waals surface area contributed by atoms with E-state index in [2.05, 4.69) is 0 Å². The second kappa shape index (κ2) is 7.20. The van der Waals surface area contributed by atoms with Gasteiger partial charge in [-0.15, -0.1) is 0 Å². The molecule has 0 aromatic heterocycles. The molecule has 1 aromatic rings. The Kier molecular flexibility index (Phi) is 6.17. The highest BCUT2D eigenvalue weighted by atomic mass is 32.2. The Morgan fingerprint density at radius 2 is 1.80 bits per heavy atom. The van der Waals surface area contributed by atoms with Crippen molar-refractivity contribution in [2.24, 2.45) is 5.73 Å². The largest absolute Gasteiger partial charge is 0.329 e. The molecule has 114 valence electrons. The fourth-order valence-electron chi connectivity index (χ4n) is 2.34. The normalized spacial score (nSPS) is 15.2. The van der Waals surface area contributed by atoms with Gasteiger partial charge in [0, 0.05) is 18.6 Å². The minimum absolute atomic E-state index is 0.125. The molecule has 0 amide bonds. The van der Waals surface area contributed by atoms with Crippen molar-refractivity contribution in [3.63, 3.8) is 0 Å². The fourth-order valence-corrected chi connectivity index (χ4v) is 4.32. The van der Waals surface area contributed by atoms with Gasteiger partial charge in [-0.05, 0) is 25.3 Å². The van der Waals surface area contributed by atoms with Crippen LogP contribution in [0.3, 0.4) is 0 Å². The van der Waals surface area contributed by atoms with Crippen LogP contribution in [0.1, 0.15) is 32.8 Å². The Bertz CT molecular complexity index is 496. The lowest BCUT2D eigenvalue weighted by molar-refractivity contribution is 0.214.